The van der Waals surface area contributed by atoms with Gasteiger partial charge in [0, 0.05) is 13.0 Å². The van der Waals surface area contributed by atoms with Gasteiger partial charge in [-0.05, 0) is 54.8 Å². The largest absolute Gasteiger partial charge is 0.493 e. The Balaban J connectivity index is 2.09. The van der Waals surface area contributed by atoms with E-state index < -0.39 is 0 Å². The summed E-state index contributed by atoms with van der Waals surface area (Å²) in [5, 5.41) is 5.52. The maximum atomic E-state index is 12.4. The molecule has 0 aliphatic heterocycles. The highest BCUT2D eigenvalue weighted by molar-refractivity contribution is 6.05. The van der Waals surface area contributed by atoms with Crippen LogP contribution in [0.1, 0.15) is 37.8 Å². The van der Waals surface area contributed by atoms with E-state index in [4.69, 9.17) is 9.47 Å². The van der Waals surface area contributed by atoms with E-state index in [0.29, 0.717) is 29.5 Å². The monoisotopic (exact) mass is 396 g/mol. The van der Waals surface area contributed by atoms with Gasteiger partial charge in [0.2, 0.25) is 11.8 Å². The highest BCUT2D eigenvalue weighted by Crippen LogP contribution is 2.29. The number of unbranched alkanes of at least 4 members (excludes halogenated alkanes) is 1. The molecule has 0 saturated carbocycles. The second-order valence-corrected chi connectivity index (χ2v) is 6.67. The molecule has 0 saturated heterocycles. The van der Waals surface area contributed by atoms with E-state index in [0.717, 1.165) is 24.0 Å². The fourth-order valence-corrected chi connectivity index (χ4v) is 2.64. The van der Waals surface area contributed by atoms with Crippen molar-refractivity contribution < 1.29 is 19.1 Å². The number of amides is 2. The highest BCUT2D eigenvalue weighted by atomic mass is 16.5. The van der Waals surface area contributed by atoms with Crippen LogP contribution in [0.2, 0.25) is 0 Å². The minimum absolute atomic E-state index is 0.201. The first kappa shape index (κ1) is 22.0. The first-order valence-electron chi connectivity index (χ1n) is 9.61. The standard InChI is InChI=1S/C23H28N2O4/c1-5-6-13-29-21-11-8-18(15-22(21)28-4)9-12-23(27)25-20-14-16(2)7-10-19(20)24-17(3)26/h7-12,14-15H,5-6,13H2,1-4H3,(H,24,26)(H,25,27)/b12-9+. The predicted molar refractivity (Wildman–Crippen MR) is 117 cm³/mol. The lowest BCUT2D eigenvalue weighted by Gasteiger charge is -2.12. The molecule has 6 heteroatoms. The number of rotatable bonds is 9. The van der Waals surface area contributed by atoms with E-state index in [1.165, 1.54) is 13.0 Å². The van der Waals surface area contributed by atoms with Crippen molar-refractivity contribution in [2.75, 3.05) is 24.4 Å². The normalized spacial score (nSPS) is 10.6. The maximum Gasteiger partial charge on any atom is 0.248 e. The number of carbonyl (C=O) groups excluding carboxylic acids is 2. The molecule has 0 aromatic heterocycles. The molecule has 2 N–H and O–H groups in total. The predicted octanol–water partition coefficient (Wildman–Crippen LogP) is 4.79. The van der Waals surface area contributed by atoms with E-state index in [2.05, 4.69) is 17.6 Å². The first-order valence-corrected chi connectivity index (χ1v) is 9.61. The summed E-state index contributed by atoms with van der Waals surface area (Å²) in [5.41, 5.74) is 2.89. The Morgan fingerprint density at radius 1 is 1.03 bits per heavy atom. The third-order valence-electron chi connectivity index (χ3n) is 4.11. The molecule has 0 radical (unpaired) electrons. The molecule has 0 fully saturated rings. The molecule has 0 atom stereocenters. The van der Waals surface area contributed by atoms with Crippen molar-refractivity contribution in [3.05, 3.63) is 53.6 Å². The Labute approximate surface area is 171 Å². The molecule has 0 bridgehead atoms. The van der Waals surface area contributed by atoms with Crippen molar-refractivity contribution >= 4 is 29.3 Å². The number of ether oxygens (including phenoxy) is 2. The van der Waals surface area contributed by atoms with Crippen LogP contribution in [-0.4, -0.2) is 25.5 Å². The smallest absolute Gasteiger partial charge is 0.248 e. The number of benzene rings is 2. The lowest BCUT2D eigenvalue weighted by Crippen LogP contribution is -2.13. The van der Waals surface area contributed by atoms with Crippen LogP contribution >= 0.6 is 0 Å². The van der Waals surface area contributed by atoms with Gasteiger partial charge >= 0.3 is 0 Å². The summed E-state index contributed by atoms with van der Waals surface area (Å²) in [4.78, 5) is 23.7. The summed E-state index contributed by atoms with van der Waals surface area (Å²) < 4.78 is 11.1. The minimum Gasteiger partial charge on any atom is -0.493 e. The van der Waals surface area contributed by atoms with Crippen LogP contribution in [0.4, 0.5) is 11.4 Å². The maximum absolute atomic E-state index is 12.4. The van der Waals surface area contributed by atoms with Crippen molar-refractivity contribution in [2.24, 2.45) is 0 Å². The van der Waals surface area contributed by atoms with Crippen LogP contribution in [-0.2, 0) is 9.59 Å². The van der Waals surface area contributed by atoms with Gasteiger partial charge in [-0.3, -0.25) is 9.59 Å². The number of anilines is 2. The molecule has 29 heavy (non-hydrogen) atoms. The van der Waals surface area contributed by atoms with Crippen LogP contribution < -0.4 is 20.1 Å². The molecular formula is C23H28N2O4. The number of hydrogen-bond donors (Lipinski definition) is 2. The first-order chi connectivity index (χ1) is 13.9. The van der Waals surface area contributed by atoms with Gasteiger partial charge in [0.25, 0.3) is 0 Å². The molecule has 0 unspecified atom stereocenters. The Hall–Kier alpha value is -3.28. The summed E-state index contributed by atoms with van der Waals surface area (Å²) in [7, 11) is 1.59. The van der Waals surface area contributed by atoms with Crippen molar-refractivity contribution in [3.8, 4) is 11.5 Å². The molecule has 0 aliphatic carbocycles. The zero-order valence-corrected chi connectivity index (χ0v) is 17.4. The lowest BCUT2D eigenvalue weighted by atomic mass is 10.1. The van der Waals surface area contributed by atoms with Crippen molar-refractivity contribution in [2.45, 2.75) is 33.6 Å². The second kappa shape index (κ2) is 10.9. The van der Waals surface area contributed by atoms with Crippen molar-refractivity contribution in [1.82, 2.24) is 0 Å². The van der Waals surface area contributed by atoms with Gasteiger partial charge in [0.1, 0.15) is 0 Å². The minimum atomic E-state index is -0.301. The van der Waals surface area contributed by atoms with Crippen LogP contribution in [0, 0.1) is 6.92 Å². The van der Waals surface area contributed by atoms with Gasteiger partial charge in [0.15, 0.2) is 11.5 Å². The fraction of sp³-hybridized carbons (Fsp3) is 0.304. The van der Waals surface area contributed by atoms with Gasteiger partial charge in [0.05, 0.1) is 25.1 Å². The van der Waals surface area contributed by atoms with Gasteiger partial charge in [-0.2, -0.15) is 0 Å². The summed E-state index contributed by atoms with van der Waals surface area (Å²) in [6.45, 7) is 6.08. The Morgan fingerprint density at radius 3 is 2.52 bits per heavy atom. The summed E-state index contributed by atoms with van der Waals surface area (Å²) in [6, 6.07) is 11.0. The summed E-state index contributed by atoms with van der Waals surface area (Å²) >= 11 is 0. The number of carbonyl (C=O) groups is 2. The summed E-state index contributed by atoms with van der Waals surface area (Å²) in [6.07, 6.45) is 5.17. The average molecular weight is 396 g/mol. The molecule has 6 nitrogen and oxygen atoms in total. The second-order valence-electron chi connectivity index (χ2n) is 6.67. The number of aryl methyl sites for hydroxylation is 1. The van der Waals surface area contributed by atoms with Crippen LogP contribution in [0.5, 0.6) is 11.5 Å². The van der Waals surface area contributed by atoms with E-state index in [9.17, 15) is 9.59 Å². The quantitative estimate of drug-likeness (QED) is 0.472. The van der Waals surface area contributed by atoms with E-state index in [-0.39, 0.29) is 11.8 Å². The van der Waals surface area contributed by atoms with Crippen LogP contribution in [0.3, 0.4) is 0 Å². The van der Waals surface area contributed by atoms with E-state index >= 15 is 0 Å². The Bertz CT molecular complexity index is 890. The number of hydrogen-bond acceptors (Lipinski definition) is 4. The van der Waals surface area contributed by atoms with Gasteiger partial charge in [-0.1, -0.05) is 25.5 Å². The van der Waals surface area contributed by atoms with Crippen LogP contribution in [0.25, 0.3) is 6.08 Å². The topological polar surface area (TPSA) is 76.7 Å². The van der Waals surface area contributed by atoms with Gasteiger partial charge < -0.3 is 20.1 Å². The highest BCUT2D eigenvalue weighted by Gasteiger charge is 2.08. The molecule has 2 aromatic rings. The molecule has 0 heterocycles. The molecule has 154 valence electrons. The van der Waals surface area contributed by atoms with Crippen molar-refractivity contribution in [1.29, 1.82) is 0 Å². The van der Waals surface area contributed by atoms with E-state index in [1.54, 1.807) is 19.3 Å². The molecule has 0 spiro atoms. The van der Waals surface area contributed by atoms with Crippen molar-refractivity contribution in [3.63, 3.8) is 0 Å². The molecule has 2 aromatic carbocycles. The molecule has 2 rings (SSSR count). The zero-order chi connectivity index (χ0) is 21.2. The lowest BCUT2D eigenvalue weighted by molar-refractivity contribution is -0.114. The summed E-state index contributed by atoms with van der Waals surface area (Å²) in [5.74, 6) is 0.801. The fourth-order valence-electron chi connectivity index (χ4n) is 2.64. The third kappa shape index (κ3) is 6.99. The van der Waals surface area contributed by atoms with E-state index in [1.807, 2.05) is 37.3 Å². The van der Waals surface area contributed by atoms with Gasteiger partial charge in [-0.25, -0.2) is 0 Å². The molecule has 0 aliphatic rings. The number of nitrogens with one attached hydrogen (secondary N) is 2. The average Bonchev–Trinajstić information content (AvgIpc) is 2.69. The van der Waals surface area contributed by atoms with Crippen LogP contribution in [0.15, 0.2) is 42.5 Å². The Morgan fingerprint density at radius 2 is 1.83 bits per heavy atom. The number of methoxy groups -OCH3 is 1. The molecular weight excluding hydrogens is 368 g/mol. The SMILES string of the molecule is CCCCOc1ccc(/C=C/C(=O)Nc2cc(C)ccc2NC(C)=O)cc1OC. The zero-order valence-electron chi connectivity index (χ0n) is 17.4. The Kier molecular flexibility index (Phi) is 8.27. The van der Waals surface area contributed by atoms with Gasteiger partial charge in [-0.15, -0.1) is 0 Å². The molecule has 2 amide bonds. The third-order valence-corrected chi connectivity index (χ3v) is 4.11.